The molecular formula is C8H5ClF3NO3. The largest absolute Gasteiger partial charge is 0.490 e. The van der Waals surface area contributed by atoms with Crippen molar-refractivity contribution in [3.8, 4) is 5.75 Å². The lowest BCUT2D eigenvalue weighted by atomic mass is 10.2. The van der Waals surface area contributed by atoms with Crippen LogP contribution in [0.1, 0.15) is 5.56 Å². The quantitative estimate of drug-likeness (QED) is 0.602. The fourth-order valence-corrected chi connectivity index (χ4v) is 1.35. The fraction of sp³-hybridized carbons (Fsp3) is 0.250. The van der Waals surface area contributed by atoms with Gasteiger partial charge >= 0.3 is 11.9 Å². The lowest BCUT2D eigenvalue weighted by Gasteiger charge is -2.09. The molecule has 0 radical (unpaired) electrons. The van der Waals surface area contributed by atoms with Crippen LogP contribution in [0.3, 0.4) is 0 Å². The third-order valence-corrected chi connectivity index (χ3v) is 2.05. The Morgan fingerprint density at radius 2 is 2.00 bits per heavy atom. The number of halogens is 4. The van der Waals surface area contributed by atoms with E-state index in [0.717, 1.165) is 7.11 Å². The molecule has 0 aliphatic rings. The highest BCUT2D eigenvalue weighted by atomic mass is 35.5. The molecule has 0 saturated heterocycles. The topological polar surface area (TPSA) is 52.4 Å². The van der Waals surface area contributed by atoms with Crippen LogP contribution in [0.4, 0.5) is 18.9 Å². The Kier molecular flexibility index (Phi) is 3.27. The summed E-state index contributed by atoms with van der Waals surface area (Å²) in [6.45, 7) is 0. The molecule has 0 heterocycles. The number of rotatable bonds is 2. The number of ether oxygens (including phenoxy) is 1. The third-order valence-electron chi connectivity index (χ3n) is 1.76. The van der Waals surface area contributed by atoms with Gasteiger partial charge in [-0.25, -0.2) is 0 Å². The second-order valence-corrected chi connectivity index (χ2v) is 3.17. The summed E-state index contributed by atoms with van der Waals surface area (Å²) in [6, 6.07) is 1.02. The summed E-state index contributed by atoms with van der Waals surface area (Å²) >= 11 is 5.39. The highest BCUT2D eigenvalue weighted by Gasteiger charge is 2.34. The van der Waals surface area contributed by atoms with Crippen molar-refractivity contribution in [3.63, 3.8) is 0 Å². The number of alkyl halides is 3. The van der Waals surface area contributed by atoms with E-state index in [1.54, 1.807) is 0 Å². The molecular weight excluding hydrogens is 251 g/mol. The lowest BCUT2D eigenvalue weighted by Crippen LogP contribution is -2.06. The molecule has 0 fully saturated rings. The van der Waals surface area contributed by atoms with Gasteiger partial charge in [-0.2, -0.15) is 13.2 Å². The molecule has 0 aromatic heterocycles. The van der Waals surface area contributed by atoms with E-state index in [2.05, 4.69) is 4.74 Å². The molecule has 1 rings (SSSR count). The van der Waals surface area contributed by atoms with Gasteiger partial charge in [0.25, 0.3) is 0 Å². The van der Waals surface area contributed by atoms with Crippen molar-refractivity contribution >= 4 is 17.3 Å². The van der Waals surface area contributed by atoms with Gasteiger partial charge in [-0.15, -0.1) is 0 Å². The highest BCUT2D eigenvalue weighted by Crippen LogP contribution is 2.40. The van der Waals surface area contributed by atoms with Crippen LogP contribution in [0.5, 0.6) is 5.75 Å². The van der Waals surface area contributed by atoms with Crippen LogP contribution in [-0.4, -0.2) is 12.0 Å². The van der Waals surface area contributed by atoms with Gasteiger partial charge in [-0.3, -0.25) is 10.1 Å². The van der Waals surface area contributed by atoms with Gasteiger partial charge < -0.3 is 4.74 Å². The summed E-state index contributed by atoms with van der Waals surface area (Å²) in [5.74, 6) is -0.523. The Hall–Kier alpha value is -1.50. The first-order chi connectivity index (χ1) is 7.27. The van der Waals surface area contributed by atoms with Crippen molar-refractivity contribution in [2.75, 3.05) is 7.11 Å². The number of hydrogen-bond donors (Lipinski definition) is 0. The maximum Gasteiger partial charge on any atom is 0.416 e. The van der Waals surface area contributed by atoms with Crippen LogP contribution in [-0.2, 0) is 6.18 Å². The zero-order chi connectivity index (χ0) is 12.5. The maximum absolute atomic E-state index is 12.3. The van der Waals surface area contributed by atoms with Gasteiger partial charge in [0.2, 0.25) is 0 Å². The fourth-order valence-electron chi connectivity index (χ4n) is 1.07. The zero-order valence-corrected chi connectivity index (χ0v) is 8.59. The van der Waals surface area contributed by atoms with E-state index in [0.29, 0.717) is 12.1 Å². The maximum atomic E-state index is 12.3. The van der Waals surface area contributed by atoms with Gasteiger partial charge in [0.1, 0.15) is 5.02 Å². The van der Waals surface area contributed by atoms with E-state index in [-0.39, 0.29) is 0 Å². The predicted molar refractivity (Wildman–Crippen MR) is 49.7 cm³/mol. The number of nitro groups is 1. The molecule has 0 bridgehead atoms. The lowest BCUT2D eigenvalue weighted by molar-refractivity contribution is -0.385. The van der Waals surface area contributed by atoms with Crippen molar-refractivity contribution < 1.29 is 22.8 Å². The van der Waals surface area contributed by atoms with E-state index < -0.39 is 33.1 Å². The number of methoxy groups -OCH3 is 1. The predicted octanol–water partition coefficient (Wildman–Crippen LogP) is 3.28. The molecule has 4 nitrogen and oxygen atoms in total. The third kappa shape index (κ3) is 2.35. The Morgan fingerprint density at radius 1 is 1.44 bits per heavy atom. The second-order valence-electron chi connectivity index (χ2n) is 2.76. The Morgan fingerprint density at radius 3 is 2.38 bits per heavy atom. The summed E-state index contributed by atoms with van der Waals surface area (Å²) in [7, 11) is 1.03. The normalized spacial score (nSPS) is 11.3. The van der Waals surface area contributed by atoms with E-state index in [1.807, 2.05) is 0 Å². The Balaban J connectivity index is 3.44. The molecule has 8 heteroatoms. The van der Waals surface area contributed by atoms with Gasteiger partial charge in [0, 0.05) is 0 Å². The highest BCUT2D eigenvalue weighted by molar-refractivity contribution is 6.33. The number of hydrogen-bond acceptors (Lipinski definition) is 3. The first kappa shape index (κ1) is 12.6. The zero-order valence-electron chi connectivity index (χ0n) is 7.84. The van der Waals surface area contributed by atoms with Crippen molar-refractivity contribution in [2.24, 2.45) is 0 Å². The van der Waals surface area contributed by atoms with Gasteiger partial charge in [0.15, 0.2) is 5.75 Å². The molecule has 88 valence electrons. The monoisotopic (exact) mass is 255 g/mol. The van der Waals surface area contributed by atoms with Gasteiger partial charge in [-0.05, 0) is 12.1 Å². The van der Waals surface area contributed by atoms with Crippen molar-refractivity contribution in [3.05, 3.63) is 32.8 Å². The van der Waals surface area contributed by atoms with Crippen LogP contribution in [0.2, 0.25) is 5.02 Å². The van der Waals surface area contributed by atoms with Gasteiger partial charge in [0.05, 0.1) is 17.6 Å². The summed E-state index contributed by atoms with van der Waals surface area (Å²) in [6.07, 6.45) is -4.63. The van der Waals surface area contributed by atoms with Crippen LogP contribution < -0.4 is 4.74 Å². The Bertz CT molecular complexity index is 433. The molecule has 0 aliphatic carbocycles. The van der Waals surface area contributed by atoms with E-state index in [4.69, 9.17) is 11.6 Å². The molecule has 0 atom stereocenters. The summed E-state index contributed by atoms with van der Waals surface area (Å²) in [5, 5.41) is 9.91. The molecule has 0 saturated carbocycles. The van der Waals surface area contributed by atoms with Crippen molar-refractivity contribution in [1.82, 2.24) is 0 Å². The van der Waals surface area contributed by atoms with Crippen LogP contribution >= 0.6 is 11.6 Å². The smallest absolute Gasteiger partial charge is 0.416 e. The van der Waals surface area contributed by atoms with E-state index in [9.17, 15) is 23.3 Å². The molecule has 0 spiro atoms. The van der Waals surface area contributed by atoms with Crippen molar-refractivity contribution in [1.29, 1.82) is 0 Å². The first-order valence-corrected chi connectivity index (χ1v) is 4.24. The van der Waals surface area contributed by atoms with Crippen molar-refractivity contribution in [2.45, 2.75) is 6.18 Å². The average Bonchev–Trinajstić information content (AvgIpc) is 2.14. The van der Waals surface area contributed by atoms with E-state index >= 15 is 0 Å². The average molecular weight is 256 g/mol. The molecule has 0 aliphatic heterocycles. The minimum Gasteiger partial charge on any atom is -0.490 e. The SMILES string of the molecule is COc1cc(C(F)(F)F)cc(Cl)c1[N+](=O)[O-]. The Labute approximate surface area is 92.7 Å². The molecule has 1 aromatic rings. The van der Waals surface area contributed by atoms with Crippen LogP contribution in [0.15, 0.2) is 12.1 Å². The summed E-state index contributed by atoms with van der Waals surface area (Å²) in [5.41, 5.74) is -1.78. The summed E-state index contributed by atoms with van der Waals surface area (Å²) < 4.78 is 41.5. The molecule has 0 unspecified atom stereocenters. The molecule has 16 heavy (non-hydrogen) atoms. The minimum absolute atomic E-state index is 0.488. The van der Waals surface area contributed by atoms with Crippen LogP contribution in [0, 0.1) is 10.1 Å². The molecule has 1 aromatic carbocycles. The van der Waals surface area contributed by atoms with E-state index in [1.165, 1.54) is 0 Å². The first-order valence-electron chi connectivity index (χ1n) is 3.86. The van der Waals surface area contributed by atoms with Crippen LogP contribution in [0.25, 0.3) is 0 Å². The van der Waals surface area contributed by atoms with Gasteiger partial charge in [-0.1, -0.05) is 11.6 Å². The molecule has 0 amide bonds. The summed E-state index contributed by atoms with van der Waals surface area (Å²) in [4.78, 5) is 9.62. The number of benzene rings is 1. The molecule has 0 N–H and O–H groups in total. The minimum atomic E-state index is -4.63. The number of nitro benzene ring substituents is 1. The standard InChI is InChI=1S/C8H5ClF3NO3/c1-16-6-3-4(8(10,11)12)2-5(9)7(6)13(14)15/h2-3H,1H3. The second kappa shape index (κ2) is 4.17. The number of nitrogens with zero attached hydrogens (tertiary/aromatic N) is 1.